The Morgan fingerprint density at radius 3 is 3.00 bits per heavy atom. The van der Waals surface area contributed by atoms with Gasteiger partial charge in [0.2, 0.25) is 5.82 Å². The Hall–Kier alpha value is -1.69. The normalized spacial score (nSPS) is 10.6. The van der Waals surface area contributed by atoms with Gasteiger partial charge >= 0.3 is 0 Å². The summed E-state index contributed by atoms with van der Waals surface area (Å²) in [5.74, 6) is 0.649. The van der Waals surface area contributed by atoms with Gasteiger partial charge in [0, 0.05) is 13.2 Å². The van der Waals surface area contributed by atoms with Gasteiger partial charge in [-0.25, -0.2) is 0 Å². The summed E-state index contributed by atoms with van der Waals surface area (Å²) in [6, 6.07) is 0. The predicted molar refractivity (Wildman–Crippen MR) is 42.4 cm³/mol. The van der Waals surface area contributed by atoms with Gasteiger partial charge in [-0.3, -0.25) is 4.68 Å². The first-order valence-corrected chi connectivity index (χ1v) is 3.72. The molecule has 0 aliphatic rings. The number of aromatic nitrogens is 4. The van der Waals surface area contributed by atoms with Crippen LogP contribution in [0.5, 0.6) is 0 Å². The number of rotatable bonds is 2. The van der Waals surface area contributed by atoms with Crippen molar-refractivity contribution in [3.05, 3.63) is 18.3 Å². The van der Waals surface area contributed by atoms with E-state index in [0.717, 1.165) is 5.56 Å². The summed E-state index contributed by atoms with van der Waals surface area (Å²) in [7, 11) is 1.80. The molecule has 0 bridgehead atoms. The molecule has 2 heterocycles. The SMILES string of the molecule is Cn1cc(-c2noc(CO)n2)cn1. The lowest BCUT2D eigenvalue weighted by Crippen LogP contribution is -1.84. The van der Waals surface area contributed by atoms with Crippen LogP contribution in [0.15, 0.2) is 16.9 Å². The first-order chi connectivity index (χ1) is 6.29. The van der Waals surface area contributed by atoms with Gasteiger partial charge in [-0.05, 0) is 0 Å². The maximum Gasteiger partial charge on any atom is 0.252 e. The molecule has 0 spiro atoms. The minimum absolute atomic E-state index is 0.207. The van der Waals surface area contributed by atoms with Crippen LogP contribution in [-0.4, -0.2) is 25.0 Å². The second-order valence-corrected chi connectivity index (χ2v) is 2.57. The fourth-order valence-electron chi connectivity index (χ4n) is 0.973. The lowest BCUT2D eigenvalue weighted by molar-refractivity contribution is 0.222. The van der Waals surface area contributed by atoms with E-state index in [0.29, 0.717) is 5.82 Å². The van der Waals surface area contributed by atoms with E-state index in [-0.39, 0.29) is 12.5 Å². The zero-order valence-corrected chi connectivity index (χ0v) is 7.01. The van der Waals surface area contributed by atoms with Gasteiger partial charge in [-0.1, -0.05) is 5.16 Å². The Morgan fingerprint density at radius 1 is 1.62 bits per heavy atom. The molecule has 13 heavy (non-hydrogen) atoms. The van der Waals surface area contributed by atoms with Crippen molar-refractivity contribution in [1.82, 2.24) is 19.9 Å². The number of hydrogen-bond acceptors (Lipinski definition) is 5. The van der Waals surface area contributed by atoms with E-state index in [4.69, 9.17) is 9.63 Å². The van der Waals surface area contributed by atoms with Crippen molar-refractivity contribution in [3.63, 3.8) is 0 Å². The number of aliphatic hydroxyl groups excluding tert-OH is 1. The summed E-state index contributed by atoms with van der Waals surface area (Å²) in [6.07, 6.45) is 3.40. The third kappa shape index (κ3) is 1.43. The van der Waals surface area contributed by atoms with E-state index in [9.17, 15) is 0 Å². The van der Waals surface area contributed by atoms with Crippen molar-refractivity contribution in [1.29, 1.82) is 0 Å². The molecule has 0 atom stereocenters. The van der Waals surface area contributed by atoms with Crippen LogP contribution >= 0.6 is 0 Å². The molecule has 6 heteroatoms. The molecular formula is C7H8N4O2. The fourth-order valence-corrected chi connectivity index (χ4v) is 0.973. The van der Waals surface area contributed by atoms with Crippen LogP contribution in [0.2, 0.25) is 0 Å². The Kier molecular flexibility index (Phi) is 1.82. The monoisotopic (exact) mass is 180 g/mol. The summed E-state index contributed by atoms with van der Waals surface area (Å²) in [5.41, 5.74) is 0.769. The van der Waals surface area contributed by atoms with Crippen molar-refractivity contribution < 1.29 is 9.63 Å². The maximum atomic E-state index is 8.69. The van der Waals surface area contributed by atoms with Crippen molar-refractivity contribution in [2.75, 3.05) is 0 Å². The average Bonchev–Trinajstić information content (AvgIpc) is 2.71. The lowest BCUT2D eigenvalue weighted by atomic mass is 10.3. The molecule has 2 aromatic heterocycles. The van der Waals surface area contributed by atoms with Crippen LogP contribution < -0.4 is 0 Å². The highest BCUT2D eigenvalue weighted by atomic mass is 16.5. The molecule has 1 N–H and O–H groups in total. The second kappa shape index (κ2) is 2.98. The van der Waals surface area contributed by atoms with Crippen molar-refractivity contribution in [3.8, 4) is 11.4 Å². The summed E-state index contributed by atoms with van der Waals surface area (Å²) >= 11 is 0. The number of hydrogen-bond donors (Lipinski definition) is 1. The zero-order chi connectivity index (χ0) is 9.26. The van der Waals surface area contributed by atoms with Gasteiger partial charge in [-0.15, -0.1) is 0 Å². The molecule has 0 aliphatic heterocycles. The summed E-state index contributed by atoms with van der Waals surface area (Å²) < 4.78 is 6.37. The van der Waals surface area contributed by atoms with Gasteiger partial charge in [-0.2, -0.15) is 10.1 Å². The predicted octanol–water partition coefficient (Wildman–Crippen LogP) is -0.0376. The summed E-state index contributed by atoms with van der Waals surface area (Å²) in [6.45, 7) is -0.243. The molecule has 0 aromatic carbocycles. The number of aryl methyl sites for hydroxylation is 1. The van der Waals surface area contributed by atoms with Gasteiger partial charge in [0.1, 0.15) is 6.61 Å². The van der Waals surface area contributed by atoms with Crippen LogP contribution in [0.3, 0.4) is 0 Å². The van der Waals surface area contributed by atoms with Crippen LogP contribution in [0, 0.1) is 0 Å². The minimum Gasteiger partial charge on any atom is -0.387 e. The molecule has 0 fully saturated rings. The van der Waals surface area contributed by atoms with Gasteiger partial charge in [0.25, 0.3) is 5.89 Å². The highest BCUT2D eigenvalue weighted by molar-refractivity contribution is 5.50. The van der Waals surface area contributed by atoms with E-state index >= 15 is 0 Å². The van der Waals surface area contributed by atoms with E-state index in [2.05, 4.69) is 15.2 Å². The van der Waals surface area contributed by atoms with Crippen LogP contribution in [-0.2, 0) is 13.7 Å². The smallest absolute Gasteiger partial charge is 0.252 e. The van der Waals surface area contributed by atoms with Crippen molar-refractivity contribution in [2.24, 2.45) is 7.05 Å². The van der Waals surface area contributed by atoms with E-state index in [1.807, 2.05) is 0 Å². The highest BCUT2D eigenvalue weighted by Crippen LogP contribution is 2.13. The molecule has 0 unspecified atom stereocenters. The third-order valence-corrected chi connectivity index (χ3v) is 1.57. The van der Waals surface area contributed by atoms with Crippen LogP contribution in [0.1, 0.15) is 5.89 Å². The molecule has 6 nitrogen and oxygen atoms in total. The topological polar surface area (TPSA) is 77.0 Å². The second-order valence-electron chi connectivity index (χ2n) is 2.57. The molecule has 2 aromatic rings. The van der Waals surface area contributed by atoms with Gasteiger partial charge in [0.15, 0.2) is 0 Å². The minimum atomic E-state index is -0.243. The standard InChI is InChI=1S/C7H8N4O2/c1-11-3-5(2-8-11)7-9-6(4-12)13-10-7/h2-3,12H,4H2,1H3. The van der Waals surface area contributed by atoms with E-state index < -0.39 is 0 Å². The molecule has 0 saturated carbocycles. The third-order valence-electron chi connectivity index (χ3n) is 1.57. The molecule has 2 rings (SSSR count). The molecule has 68 valence electrons. The highest BCUT2D eigenvalue weighted by Gasteiger charge is 2.08. The quantitative estimate of drug-likeness (QED) is 0.701. The lowest BCUT2D eigenvalue weighted by Gasteiger charge is -1.82. The van der Waals surface area contributed by atoms with Crippen LogP contribution in [0.25, 0.3) is 11.4 Å². The molecular weight excluding hydrogens is 172 g/mol. The first-order valence-electron chi connectivity index (χ1n) is 3.72. The average molecular weight is 180 g/mol. The Bertz CT molecular complexity index is 406. The van der Waals surface area contributed by atoms with Crippen molar-refractivity contribution in [2.45, 2.75) is 6.61 Å². The molecule has 0 saturated heterocycles. The molecule has 0 radical (unpaired) electrons. The molecule has 0 aliphatic carbocycles. The zero-order valence-electron chi connectivity index (χ0n) is 7.01. The Balaban J connectivity index is 2.35. The largest absolute Gasteiger partial charge is 0.387 e. The Labute approximate surface area is 73.8 Å². The summed E-state index contributed by atoms with van der Waals surface area (Å²) in [5, 5.41) is 16.3. The number of nitrogens with zero attached hydrogens (tertiary/aromatic N) is 4. The van der Waals surface area contributed by atoms with E-state index in [1.54, 1.807) is 24.1 Å². The fraction of sp³-hybridized carbons (Fsp3) is 0.286. The maximum absolute atomic E-state index is 8.69. The summed E-state index contributed by atoms with van der Waals surface area (Å²) in [4.78, 5) is 3.93. The first kappa shape index (κ1) is 7.93. The van der Waals surface area contributed by atoms with Gasteiger partial charge < -0.3 is 9.63 Å². The molecule has 0 amide bonds. The van der Waals surface area contributed by atoms with E-state index in [1.165, 1.54) is 0 Å². The Morgan fingerprint density at radius 2 is 2.46 bits per heavy atom. The van der Waals surface area contributed by atoms with Gasteiger partial charge in [0.05, 0.1) is 11.8 Å². The van der Waals surface area contributed by atoms with Crippen LogP contribution in [0.4, 0.5) is 0 Å². The number of aliphatic hydroxyl groups is 1. The van der Waals surface area contributed by atoms with Crippen molar-refractivity contribution >= 4 is 0 Å².